The zero-order valence-corrected chi connectivity index (χ0v) is 18.9. The lowest BCUT2D eigenvalue weighted by molar-refractivity contribution is 0.307. The van der Waals surface area contributed by atoms with Gasteiger partial charge in [-0.25, -0.2) is 0 Å². The molecule has 0 atom stereocenters. The average molecular weight is 443 g/mol. The van der Waals surface area contributed by atoms with Crippen molar-refractivity contribution in [1.29, 1.82) is 0 Å². The van der Waals surface area contributed by atoms with Gasteiger partial charge in [0.15, 0.2) is 0 Å². The second kappa shape index (κ2) is 10.6. The Kier molecular flexibility index (Phi) is 6.72. The Labute approximate surface area is 200 Å². The van der Waals surface area contributed by atoms with Crippen LogP contribution in [0.1, 0.15) is 28.2 Å². The van der Waals surface area contributed by atoms with E-state index in [9.17, 15) is 0 Å². The Balaban J connectivity index is 1.49. The van der Waals surface area contributed by atoms with Crippen molar-refractivity contribution in [2.75, 3.05) is 0 Å². The van der Waals surface area contributed by atoms with E-state index in [-0.39, 0.29) is 5.92 Å². The number of aromatic nitrogens is 2. The van der Waals surface area contributed by atoms with Gasteiger partial charge in [-0.2, -0.15) is 0 Å². The van der Waals surface area contributed by atoms with Gasteiger partial charge in [0.1, 0.15) is 12.4 Å². The van der Waals surface area contributed by atoms with Gasteiger partial charge in [0, 0.05) is 36.3 Å². The summed E-state index contributed by atoms with van der Waals surface area (Å²) in [4.78, 5) is 8.76. The third-order valence-corrected chi connectivity index (χ3v) is 6.03. The highest BCUT2D eigenvalue weighted by Gasteiger charge is 2.19. The lowest BCUT2D eigenvalue weighted by atomic mass is 9.85. The van der Waals surface area contributed by atoms with Crippen molar-refractivity contribution in [3.05, 3.63) is 150 Å². The molecule has 0 N–H and O–H groups in total. The normalized spacial score (nSPS) is 10.9. The van der Waals surface area contributed by atoms with E-state index in [1.807, 2.05) is 61.2 Å². The molecule has 3 heteroatoms. The molecule has 2 aromatic heterocycles. The summed E-state index contributed by atoms with van der Waals surface area (Å²) in [6, 6.07) is 35.4. The number of nitrogens with zero attached hydrogens (tertiary/aromatic N) is 2. The van der Waals surface area contributed by atoms with Gasteiger partial charge in [-0.1, -0.05) is 84.9 Å². The number of pyridine rings is 2. The highest BCUT2D eigenvalue weighted by molar-refractivity contribution is 5.73. The van der Waals surface area contributed by atoms with Crippen LogP contribution in [0.25, 0.3) is 11.1 Å². The fourth-order valence-electron chi connectivity index (χ4n) is 4.32. The first-order valence-corrected chi connectivity index (χ1v) is 11.5. The molecule has 0 aliphatic rings. The summed E-state index contributed by atoms with van der Waals surface area (Å²) in [6.07, 6.45) is 8.38. The molecule has 34 heavy (non-hydrogen) atoms. The molecule has 0 saturated carbocycles. The van der Waals surface area contributed by atoms with Gasteiger partial charge in [0.05, 0.1) is 0 Å². The van der Waals surface area contributed by atoms with Crippen LogP contribution in [0.15, 0.2) is 128 Å². The minimum atomic E-state index is 0.154. The minimum absolute atomic E-state index is 0.154. The molecular formula is C31H26N2O. The molecule has 166 valence electrons. The molecule has 3 aromatic carbocycles. The van der Waals surface area contributed by atoms with E-state index >= 15 is 0 Å². The van der Waals surface area contributed by atoms with Crippen molar-refractivity contribution in [2.24, 2.45) is 0 Å². The van der Waals surface area contributed by atoms with Gasteiger partial charge in [0.25, 0.3) is 0 Å². The molecule has 3 nitrogen and oxygen atoms in total. The number of rotatable bonds is 8. The zero-order chi connectivity index (χ0) is 23.0. The first-order valence-electron chi connectivity index (χ1n) is 11.5. The predicted octanol–water partition coefficient (Wildman–Crippen LogP) is 7.10. The number of hydrogen-bond acceptors (Lipinski definition) is 3. The van der Waals surface area contributed by atoms with Crippen LogP contribution < -0.4 is 4.74 Å². The number of hydrogen-bond donors (Lipinski definition) is 0. The van der Waals surface area contributed by atoms with Gasteiger partial charge in [-0.3, -0.25) is 9.97 Å². The van der Waals surface area contributed by atoms with Gasteiger partial charge >= 0.3 is 0 Å². The van der Waals surface area contributed by atoms with E-state index in [0.29, 0.717) is 6.61 Å². The second-order valence-corrected chi connectivity index (χ2v) is 8.26. The average Bonchev–Trinajstić information content (AvgIpc) is 2.92. The Morgan fingerprint density at radius 3 is 1.88 bits per heavy atom. The quantitative estimate of drug-likeness (QED) is 0.257. The van der Waals surface area contributed by atoms with E-state index < -0.39 is 0 Å². The summed E-state index contributed by atoms with van der Waals surface area (Å²) in [5, 5.41) is 0. The van der Waals surface area contributed by atoms with Gasteiger partial charge < -0.3 is 4.74 Å². The van der Waals surface area contributed by atoms with Crippen molar-refractivity contribution in [3.8, 4) is 16.9 Å². The lowest BCUT2D eigenvalue weighted by Gasteiger charge is -2.20. The Hall–Kier alpha value is -4.24. The minimum Gasteiger partial charge on any atom is -0.488 e. The van der Waals surface area contributed by atoms with Crippen LogP contribution in [0.3, 0.4) is 0 Å². The maximum absolute atomic E-state index is 6.29. The van der Waals surface area contributed by atoms with E-state index in [0.717, 1.165) is 23.3 Å². The molecule has 0 aliphatic heterocycles. The number of benzene rings is 3. The molecule has 0 spiro atoms. The lowest BCUT2D eigenvalue weighted by Crippen LogP contribution is -2.07. The standard InChI is InChI=1S/C31H26N2O/c1-2-10-24(11-3-1)23-34-31-17-7-6-16-29(31)28-15-5-4-12-25(28)20-30(26-13-8-18-32-21-26)27-14-9-19-33-22-27/h1-19,21-22,30H,20,23H2. The van der Waals surface area contributed by atoms with Crippen LogP contribution in [-0.4, -0.2) is 9.97 Å². The monoisotopic (exact) mass is 442 g/mol. The SMILES string of the molecule is c1ccc(COc2ccccc2-c2ccccc2CC(c2cccnc2)c2cccnc2)cc1. The number of ether oxygens (including phenoxy) is 1. The summed E-state index contributed by atoms with van der Waals surface area (Å²) < 4.78 is 6.29. The van der Waals surface area contributed by atoms with Crippen molar-refractivity contribution < 1.29 is 4.74 Å². The summed E-state index contributed by atoms with van der Waals surface area (Å²) in [5.74, 6) is 1.04. The van der Waals surface area contributed by atoms with E-state index in [4.69, 9.17) is 4.74 Å². The predicted molar refractivity (Wildman–Crippen MR) is 137 cm³/mol. The zero-order valence-electron chi connectivity index (χ0n) is 18.9. The molecule has 0 amide bonds. The van der Waals surface area contributed by atoms with Crippen LogP contribution >= 0.6 is 0 Å². The topological polar surface area (TPSA) is 35.0 Å². The summed E-state index contributed by atoms with van der Waals surface area (Å²) >= 11 is 0. The van der Waals surface area contributed by atoms with Gasteiger partial charge in [-0.05, 0) is 52.4 Å². The Bertz CT molecular complexity index is 1280. The fraction of sp³-hybridized carbons (Fsp3) is 0.0968. The molecule has 0 radical (unpaired) electrons. The summed E-state index contributed by atoms with van der Waals surface area (Å²) in [7, 11) is 0. The van der Waals surface area contributed by atoms with Crippen molar-refractivity contribution >= 4 is 0 Å². The van der Waals surface area contributed by atoms with Gasteiger partial charge in [-0.15, -0.1) is 0 Å². The van der Waals surface area contributed by atoms with Crippen LogP contribution in [0, 0.1) is 0 Å². The molecule has 5 rings (SSSR count). The first kappa shape index (κ1) is 21.6. The molecule has 0 bridgehead atoms. The maximum Gasteiger partial charge on any atom is 0.127 e. The molecule has 2 heterocycles. The largest absolute Gasteiger partial charge is 0.488 e. The van der Waals surface area contributed by atoms with E-state index in [1.165, 1.54) is 22.3 Å². The number of para-hydroxylation sites is 1. The molecule has 0 saturated heterocycles. The highest BCUT2D eigenvalue weighted by Crippen LogP contribution is 2.36. The van der Waals surface area contributed by atoms with E-state index in [1.54, 1.807) is 0 Å². The van der Waals surface area contributed by atoms with Crippen LogP contribution in [0.2, 0.25) is 0 Å². The smallest absolute Gasteiger partial charge is 0.127 e. The van der Waals surface area contributed by atoms with E-state index in [2.05, 4.69) is 76.7 Å². The summed E-state index contributed by atoms with van der Waals surface area (Å²) in [6.45, 7) is 0.536. The Morgan fingerprint density at radius 2 is 1.21 bits per heavy atom. The van der Waals surface area contributed by atoms with Crippen LogP contribution in [0.4, 0.5) is 0 Å². The molecular weight excluding hydrogens is 416 g/mol. The molecule has 0 fully saturated rings. The molecule has 0 aliphatic carbocycles. The third-order valence-electron chi connectivity index (χ3n) is 6.03. The summed E-state index contributed by atoms with van der Waals surface area (Å²) in [5.41, 5.74) is 7.06. The molecule has 0 unspecified atom stereocenters. The van der Waals surface area contributed by atoms with Crippen molar-refractivity contribution in [3.63, 3.8) is 0 Å². The van der Waals surface area contributed by atoms with Crippen molar-refractivity contribution in [1.82, 2.24) is 9.97 Å². The van der Waals surface area contributed by atoms with Crippen molar-refractivity contribution in [2.45, 2.75) is 18.9 Å². The fourth-order valence-corrected chi connectivity index (χ4v) is 4.32. The van der Waals surface area contributed by atoms with Crippen LogP contribution in [-0.2, 0) is 13.0 Å². The third kappa shape index (κ3) is 5.05. The van der Waals surface area contributed by atoms with Gasteiger partial charge in [0.2, 0.25) is 0 Å². The maximum atomic E-state index is 6.29. The first-order chi connectivity index (χ1) is 16.9. The second-order valence-electron chi connectivity index (χ2n) is 8.26. The molecule has 5 aromatic rings. The highest BCUT2D eigenvalue weighted by atomic mass is 16.5. The Morgan fingerprint density at radius 1 is 0.588 bits per heavy atom. The van der Waals surface area contributed by atoms with Crippen LogP contribution in [0.5, 0.6) is 5.75 Å².